The van der Waals surface area contributed by atoms with Gasteiger partial charge in [0, 0.05) is 0 Å². The summed E-state index contributed by atoms with van der Waals surface area (Å²) in [6.45, 7) is 1.78. The van der Waals surface area contributed by atoms with Crippen LogP contribution in [-0.4, -0.2) is 20.1 Å². The zero-order valence-electron chi connectivity index (χ0n) is 12.9. The van der Waals surface area contributed by atoms with Crippen molar-refractivity contribution >= 4 is 33.0 Å². The number of benzene rings is 2. The lowest BCUT2D eigenvalue weighted by molar-refractivity contribution is -0.137. The number of carbonyl (C=O) groups is 1. The predicted octanol–water partition coefficient (Wildman–Crippen LogP) is 4.08. The number of amides is 1. The molecule has 0 aliphatic rings. The zero-order valence-corrected chi connectivity index (χ0v) is 14.5. The Kier molecular flexibility index (Phi) is 5.43. The number of nitrogens with one attached hydrogen (secondary N) is 1. The molecule has 0 heterocycles. The molecular weight excluding hydrogens is 379 g/mol. The van der Waals surface area contributed by atoms with Crippen molar-refractivity contribution in [2.45, 2.75) is 18.0 Å². The highest BCUT2D eigenvalue weighted by molar-refractivity contribution is 7.92. The first-order valence-corrected chi connectivity index (χ1v) is 8.98. The molecule has 0 radical (unpaired) electrons. The van der Waals surface area contributed by atoms with Gasteiger partial charge in [0.1, 0.15) is 5.75 Å². The molecule has 0 aliphatic carbocycles. The summed E-state index contributed by atoms with van der Waals surface area (Å²) in [5.41, 5.74) is -0.465. The van der Waals surface area contributed by atoms with Crippen LogP contribution in [0.5, 0.6) is 0 Å². The molecule has 0 atom stereocenters. The van der Waals surface area contributed by atoms with Crippen LogP contribution >= 0.6 is 11.6 Å². The van der Waals surface area contributed by atoms with Crippen molar-refractivity contribution in [1.29, 1.82) is 0 Å². The highest BCUT2D eigenvalue weighted by atomic mass is 35.5. The number of alkyl halides is 3. The third kappa shape index (κ3) is 4.96. The molecule has 0 unspecified atom stereocenters. The number of aryl methyl sites for hydroxylation is 1. The molecule has 0 saturated carbocycles. The summed E-state index contributed by atoms with van der Waals surface area (Å²) in [6, 6.07) is 8.27. The molecule has 0 spiro atoms. The first-order chi connectivity index (χ1) is 11.5. The molecule has 9 heteroatoms. The molecule has 0 fully saturated rings. The molecule has 2 rings (SSSR count). The lowest BCUT2D eigenvalue weighted by Crippen LogP contribution is -2.23. The van der Waals surface area contributed by atoms with Crippen molar-refractivity contribution < 1.29 is 26.4 Å². The number of carbonyl (C=O) groups excluding carboxylic acids is 1. The summed E-state index contributed by atoms with van der Waals surface area (Å²) >= 11 is 5.76. The minimum absolute atomic E-state index is 0.0524. The summed E-state index contributed by atoms with van der Waals surface area (Å²) in [6.07, 6.45) is -4.61. The zero-order chi connectivity index (χ0) is 18.8. The summed E-state index contributed by atoms with van der Waals surface area (Å²) in [5, 5.41) is 1.98. The molecule has 1 amide bonds. The molecule has 1 N–H and O–H groups in total. The highest BCUT2D eigenvalue weighted by Crippen LogP contribution is 2.33. The van der Waals surface area contributed by atoms with Gasteiger partial charge in [-0.25, -0.2) is 8.42 Å². The van der Waals surface area contributed by atoms with Gasteiger partial charge in [-0.3, -0.25) is 4.79 Å². The third-order valence-electron chi connectivity index (χ3n) is 3.27. The SMILES string of the molecule is Cc1ccc(S(=O)(=O)CC(=O)Nc2cc(C(F)(F)F)ccc2Cl)cc1. The van der Waals surface area contributed by atoms with Gasteiger partial charge in [0.2, 0.25) is 5.91 Å². The maximum atomic E-state index is 12.7. The molecule has 0 aromatic heterocycles. The number of hydrogen-bond donors (Lipinski definition) is 1. The van der Waals surface area contributed by atoms with Crippen molar-refractivity contribution in [3.8, 4) is 0 Å². The molecule has 2 aromatic rings. The van der Waals surface area contributed by atoms with Crippen LogP contribution in [0, 0.1) is 6.92 Å². The Labute approximate surface area is 147 Å². The lowest BCUT2D eigenvalue weighted by Gasteiger charge is -2.12. The van der Waals surface area contributed by atoms with Crippen molar-refractivity contribution in [2.75, 3.05) is 11.1 Å². The van der Waals surface area contributed by atoms with Gasteiger partial charge in [0.25, 0.3) is 0 Å². The molecule has 0 bridgehead atoms. The molecule has 2 aromatic carbocycles. The maximum absolute atomic E-state index is 12.7. The number of sulfone groups is 1. The van der Waals surface area contributed by atoms with Gasteiger partial charge in [-0.2, -0.15) is 13.2 Å². The smallest absolute Gasteiger partial charge is 0.324 e. The van der Waals surface area contributed by atoms with Gasteiger partial charge in [0.05, 0.1) is 21.2 Å². The van der Waals surface area contributed by atoms with Gasteiger partial charge >= 0.3 is 6.18 Å². The Morgan fingerprint density at radius 2 is 1.72 bits per heavy atom. The summed E-state index contributed by atoms with van der Waals surface area (Å²) in [7, 11) is -3.93. The quantitative estimate of drug-likeness (QED) is 0.854. The Bertz CT molecular complexity index is 894. The van der Waals surface area contributed by atoms with Crippen LogP contribution in [0.1, 0.15) is 11.1 Å². The second-order valence-electron chi connectivity index (χ2n) is 5.31. The fourth-order valence-corrected chi connectivity index (χ4v) is 3.28. The van der Waals surface area contributed by atoms with Crippen LogP contribution in [0.2, 0.25) is 5.02 Å². The van der Waals surface area contributed by atoms with Crippen LogP contribution in [0.4, 0.5) is 18.9 Å². The first-order valence-electron chi connectivity index (χ1n) is 6.95. The van der Waals surface area contributed by atoms with Crippen molar-refractivity contribution in [3.63, 3.8) is 0 Å². The molecule has 4 nitrogen and oxygen atoms in total. The number of anilines is 1. The summed E-state index contributed by atoms with van der Waals surface area (Å²) in [5.74, 6) is -1.90. The van der Waals surface area contributed by atoms with E-state index in [0.717, 1.165) is 17.7 Å². The largest absolute Gasteiger partial charge is 0.416 e. The van der Waals surface area contributed by atoms with E-state index in [-0.39, 0.29) is 15.6 Å². The summed E-state index contributed by atoms with van der Waals surface area (Å²) in [4.78, 5) is 11.9. The number of rotatable bonds is 4. The Balaban J connectivity index is 2.19. The van der Waals surface area contributed by atoms with Crippen LogP contribution < -0.4 is 5.32 Å². The molecular formula is C16H13ClF3NO3S. The van der Waals surface area contributed by atoms with Gasteiger partial charge < -0.3 is 5.32 Å². The average molecular weight is 392 g/mol. The van der Waals surface area contributed by atoms with Crippen molar-refractivity contribution in [2.24, 2.45) is 0 Å². The van der Waals surface area contributed by atoms with Gasteiger partial charge in [-0.05, 0) is 37.3 Å². The van der Waals surface area contributed by atoms with E-state index in [4.69, 9.17) is 11.6 Å². The monoisotopic (exact) mass is 391 g/mol. The van der Waals surface area contributed by atoms with E-state index in [1.807, 2.05) is 0 Å². The standard InChI is InChI=1S/C16H13ClF3NO3S/c1-10-2-5-12(6-3-10)25(23,24)9-15(22)21-14-8-11(16(18,19)20)4-7-13(14)17/h2-8H,9H2,1H3,(H,21,22). The Morgan fingerprint density at radius 1 is 1.12 bits per heavy atom. The van der Waals surface area contributed by atoms with Crippen molar-refractivity contribution in [1.82, 2.24) is 0 Å². The van der Waals surface area contributed by atoms with Crippen molar-refractivity contribution in [3.05, 3.63) is 58.6 Å². The molecule has 134 valence electrons. The minimum atomic E-state index is -4.61. The topological polar surface area (TPSA) is 63.2 Å². The predicted molar refractivity (Wildman–Crippen MR) is 88.3 cm³/mol. The fraction of sp³-hybridized carbons (Fsp3) is 0.188. The van der Waals surface area contributed by atoms with Gasteiger partial charge in [-0.15, -0.1) is 0 Å². The van der Waals surface area contributed by atoms with E-state index in [0.29, 0.717) is 6.07 Å². The van der Waals surface area contributed by atoms with Crippen LogP contribution in [0.25, 0.3) is 0 Å². The average Bonchev–Trinajstić information content (AvgIpc) is 2.48. The van der Waals surface area contributed by atoms with E-state index in [1.165, 1.54) is 12.1 Å². The Morgan fingerprint density at radius 3 is 2.28 bits per heavy atom. The van der Waals surface area contributed by atoms with Crippen LogP contribution in [0.15, 0.2) is 47.4 Å². The third-order valence-corrected chi connectivity index (χ3v) is 5.23. The van der Waals surface area contributed by atoms with Crippen LogP contribution in [-0.2, 0) is 20.8 Å². The van der Waals surface area contributed by atoms with Gasteiger partial charge in [0.15, 0.2) is 9.84 Å². The molecule has 0 saturated heterocycles. The number of halogens is 4. The molecule has 0 aliphatic heterocycles. The normalized spacial score (nSPS) is 12.0. The highest BCUT2D eigenvalue weighted by Gasteiger charge is 2.31. The van der Waals surface area contributed by atoms with Crippen LogP contribution in [0.3, 0.4) is 0 Å². The lowest BCUT2D eigenvalue weighted by atomic mass is 10.2. The maximum Gasteiger partial charge on any atom is 0.416 e. The van der Waals surface area contributed by atoms with E-state index >= 15 is 0 Å². The second kappa shape index (κ2) is 7.05. The van der Waals surface area contributed by atoms with E-state index in [1.54, 1.807) is 19.1 Å². The van der Waals surface area contributed by atoms with Gasteiger partial charge in [-0.1, -0.05) is 29.3 Å². The second-order valence-corrected chi connectivity index (χ2v) is 7.71. The first kappa shape index (κ1) is 19.3. The molecule has 25 heavy (non-hydrogen) atoms. The number of hydrogen-bond acceptors (Lipinski definition) is 3. The fourth-order valence-electron chi connectivity index (χ4n) is 1.99. The summed E-state index contributed by atoms with van der Waals surface area (Å²) < 4.78 is 62.5. The van der Waals surface area contributed by atoms with E-state index in [9.17, 15) is 26.4 Å². The minimum Gasteiger partial charge on any atom is -0.324 e. The van der Waals surface area contributed by atoms with E-state index in [2.05, 4.69) is 5.32 Å². The Hall–Kier alpha value is -2.06. The van der Waals surface area contributed by atoms with E-state index < -0.39 is 33.2 Å².